The molecule has 0 saturated heterocycles. The van der Waals surface area contributed by atoms with Crippen LogP contribution in [0.1, 0.15) is 60.5 Å². The Morgan fingerprint density at radius 2 is 1.65 bits per heavy atom. The molecule has 0 radical (unpaired) electrons. The lowest BCUT2D eigenvalue weighted by Crippen LogP contribution is -2.40. The second-order valence-electron chi connectivity index (χ2n) is 11.2. The minimum atomic E-state index is -0.751. The van der Waals surface area contributed by atoms with Crippen LogP contribution < -0.4 is 19.6 Å². The van der Waals surface area contributed by atoms with Gasteiger partial charge in [-0.3, -0.25) is 9.36 Å². The molecule has 0 amide bonds. The van der Waals surface area contributed by atoms with Gasteiger partial charge in [-0.2, -0.15) is 0 Å². The summed E-state index contributed by atoms with van der Waals surface area (Å²) in [6, 6.07) is 30.4. The lowest BCUT2D eigenvalue weighted by molar-refractivity contribution is -0.138. The van der Waals surface area contributed by atoms with Crippen LogP contribution in [0.4, 0.5) is 4.39 Å². The number of hydrogen-bond acceptors (Lipinski definition) is 6. The number of fused-ring (bicyclic) bond motifs is 1. The zero-order chi connectivity index (χ0) is 32.2. The molecule has 1 atom stereocenters. The zero-order valence-corrected chi connectivity index (χ0v) is 26.6. The number of carbonyl (C=O) groups excluding carboxylic acids is 1. The smallest absolute Gasteiger partial charge is 0.338 e. The molecule has 2 heterocycles. The van der Waals surface area contributed by atoms with Crippen molar-refractivity contribution in [3.05, 3.63) is 162 Å². The first-order valence-electron chi connectivity index (χ1n) is 15.2. The van der Waals surface area contributed by atoms with Crippen molar-refractivity contribution in [2.75, 3.05) is 6.61 Å². The third-order valence-electron chi connectivity index (χ3n) is 7.81. The highest BCUT2D eigenvalue weighted by atomic mass is 32.1. The van der Waals surface area contributed by atoms with Crippen molar-refractivity contribution in [2.24, 2.45) is 4.99 Å². The summed E-state index contributed by atoms with van der Waals surface area (Å²) in [6.45, 7) is 6.43. The second-order valence-corrected chi connectivity index (χ2v) is 12.2. The summed E-state index contributed by atoms with van der Waals surface area (Å²) in [5.41, 5.74) is 4.74. The maximum absolute atomic E-state index is 14.3. The third kappa shape index (κ3) is 6.34. The van der Waals surface area contributed by atoms with Gasteiger partial charge in [0.1, 0.15) is 18.2 Å². The number of ether oxygens (including phenoxy) is 2. The summed E-state index contributed by atoms with van der Waals surface area (Å²) in [6.07, 6.45) is 1.79. The van der Waals surface area contributed by atoms with Gasteiger partial charge in [0.05, 0.1) is 28.5 Å². The van der Waals surface area contributed by atoms with E-state index in [2.05, 4.69) is 13.8 Å². The summed E-state index contributed by atoms with van der Waals surface area (Å²) in [7, 11) is 0. The molecule has 1 aliphatic rings. The van der Waals surface area contributed by atoms with Crippen molar-refractivity contribution < 1.29 is 18.7 Å². The van der Waals surface area contributed by atoms with Gasteiger partial charge in [0.15, 0.2) is 4.80 Å². The van der Waals surface area contributed by atoms with Crippen LogP contribution in [0.15, 0.2) is 118 Å². The molecule has 232 valence electrons. The second kappa shape index (κ2) is 13.5. The highest BCUT2D eigenvalue weighted by Gasteiger charge is 2.35. The Bertz CT molecular complexity index is 2080. The largest absolute Gasteiger partial charge is 0.488 e. The van der Waals surface area contributed by atoms with Gasteiger partial charge in [-0.25, -0.2) is 14.2 Å². The molecule has 0 bridgehead atoms. The SMILES string of the molecule is CCOC(=O)C1=C(c2ccccc2)N=c2s/c(=C\c3ccccc3OCc3ccc(F)cc3)c(=O)n2[C@@H]1c1ccc(C(C)C)cc1. The zero-order valence-electron chi connectivity index (χ0n) is 25.8. The standard InChI is InChI=1S/C38H33FN2O4S/c1-4-44-37(43)33-34(27-10-6-5-7-11-27)40-38-41(35(33)28-18-16-26(17-19-28)24(2)3)36(42)32(46-38)22-29-12-8-9-13-31(29)45-23-25-14-20-30(39)21-15-25/h5-22,24,35H,4,23H2,1-3H3/b32-22-/t35-/m1/s1. The Balaban J connectivity index is 1.52. The summed E-state index contributed by atoms with van der Waals surface area (Å²) in [5, 5.41) is 0. The van der Waals surface area contributed by atoms with Crippen LogP contribution in [-0.4, -0.2) is 17.1 Å². The maximum Gasteiger partial charge on any atom is 0.338 e. The van der Waals surface area contributed by atoms with Crippen molar-refractivity contribution in [2.45, 2.75) is 39.3 Å². The molecule has 6 rings (SSSR count). The lowest BCUT2D eigenvalue weighted by Gasteiger charge is -2.26. The van der Waals surface area contributed by atoms with Crippen molar-refractivity contribution in [3.63, 3.8) is 0 Å². The summed E-state index contributed by atoms with van der Waals surface area (Å²) in [5.74, 6) is 0.0732. The van der Waals surface area contributed by atoms with Crippen LogP contribution in [0.25, 0.3) is 11.8 Å². The molecule has 5 aromatic rings. The molecule has 0 unspecified atom stereocenters. The van der Waals surface area contributed by atoms with Gasteiger partial charge in [-0.15, -0.1) is 0 Å². The van der Waals surface area contributed by atoms with Gasteiger partial charge < -0.3 is 9.47 Å². The van der Waals surface area contributed by atoms with Gasteiger partial charge in [0, 0.05) is 11.1 Å². The monoisotopic (exact) mass is 632 g/mol. The Labute approximate surface area is 270 Å². The van der Waals surface area contributed by atoms with E-state index in [0.29, 0.717) is 37.8 Å². The molecule has 46 heavy (non-hydrogen) atoms. The van der Waals surface area contributed by atoms with E-state index in [1.165, 1.54) is 23.5 Å². The molecule has 6 nitrogen and oxygen atoms in total. The van der Waals surface area contributed by atoms with Gasteiger partial charge in [-0.1, -0.05) is 110 Å². The molecule has 0 spiro atoms. The topological polar surface area (TPSA) is 69.9 Å². The van der Waals surface area contributed by atoms with E-state index in [4.69, 9.17) is 14.5 Å². The van der Waals surface area contributed by atoms with E-state index in [0.717, 1.165) is 22.3 Å². The number of hydrogen-bond donors (Lipinski definition) is 0. The average molecular weight is 633 g/mol. The number of carbonyl (C=O) groups is 1. The highest BCUT2D eigenvalue weighted by Crippen LogP contribution is 2.35. The predicted molar refractivity (Wildman–Crippen MR) is 179 cm³/mol. The number of esters is 1. The van der Waals surface area contributed by atoms with Gasteiger partial charge >= 0.3 is 5.97 Å². The van der Waals surface area contributed by atoms with Crippen molar-refractivity contribution in [1.82, 2.24) is 4.57 Å². The minimum Gasteiger partial charge on any atom is -0.488 e. The Morgan fingerprint density at radius 3 is 2.35 bits per heavy atom. The fraction of sp³-hybridized carbons (Fsp3) is 0.184. The average Bonchev–Trinajstić information content (AvgIpc) is 3.38. The van der Waals surface area contributed by atoms with Crippen LogP contribution in [0, 0.1) is 5.82 Å². The number of thiazole rings is 1. The minimum absolute atomic E-state index is 0.183. The molecule has 1 aromatic heterocycles. The van der Waals surface area contributed by atoms with E-state index >= 15 is 0 Å². The van der Waals surface area contributed by atoms with Crippen LogP contribution in [0.3, 0.4) is 0 Å². The van der Waals surface area contributed by atoms with E-state index in [1.54, 1.807) is 29.7 Å². The van der Waals surface area contributed by atoms with Crippen molar-refractivity contribution in [1.29, 1.82) is 0 Å². The van der Waals surface area contributed by atoms with Crippen molar-refractivity contribution in [3.8, 4) is 5.75 Å². The molecule has 0 N–H and O–H groups in total. The molecule has 1 aliphatic heterocycles. The van der Waals surface area contributed by atoms with Crippen LogP contribution in [0.2, 0.25) is 0 Å². The maximum atomic E-state index is 14.3. The van der Waals surface area contributed by atoms with E-state index in [-0.39, 0.29) is 24.6 Å². The molecule has 0 fully saturated rings. The summed E-state index contributed by atoms with van der Waals surface area (Å²) < 4.78 is 27.1. The molecule has 4 aromatic carbocycles. The van der Waals surface area contributed by atoms with Gasteiger partial charge in [0.2, 0.25) is 0 Å². The highest BCUT2D eigenvalue weighted by molar-refractivity contribution is 7.07. The first-order chi connectivity index (χ1) is 22.3. The first kappa shape index (κ1) is 30.9. The number of halogens is 1. The number of aromatic nitrogens is 1. The summed E-state index contributed by atoms with van der Waals surface area (Å²) >= 11 is 1.26. The fourth-order valence-corrected chi connectivity index (χ4v) is 6.42. The number of benzene rings is 4. The number of nitrogens with zero attached hydrogens (tertiary/aromatic N) is 2. The van der Waals surface area contributed by atoms with Crippen molar-refractivity contribution >= 4 is 29.1 Å². The Hall–Kier alpha value is -5.08. The Kier molecular flexibility index (Phi) is 9.08. The van der Waals surface area contributed by atoms with Gasteiger partial charge in [-0.05, 0) is 53.8 Å². The van der Waals surface area contributed by atoms with E-state index in [1.807, 2.05) is 78.9 Å². The summed E-state index contributed by atoms with van der Waals surface area (Å²) in [4.78, 5) is 33.4. The molecular formula is C38H33FN2O4S. The lowest BCUT2D eigenvalue weighted by atomic mass is 9.91. The van der Waals surface area contributed by atoms with Gasteiger partial charge in [0.25, 0.3) is 5.56 Å². The quantitative estimate of drug-likeness (QED) is 0.168. The molecule has 8 heteroatoms. The predicted octanol–water partition coefficient (Wildman–Crippen LogP) is 6.78. The normalized spacial score (nSPS) is 14.6. The number of para-hydroxylation sites is 1. The molecule has 0 aliphatic carbocycles. The van der Waals surface area contributed by atoms with Crippen LogP contribution in [0.5, 0.6) is 5.75 Å². The fourth-order valence-electron chi connectivity index (χ4n) is 5.43. The van der Waals surface area contributed by atoms with Crippen LogP contribution >= 0.6 is 11.3 Å². The molecular weight excluding hydrogens is 599 g/mol. The Morgan fingerprint density at radius 1 is 0.957 bits per heavy atom. The third-order valence-corrected chi connectivity index (χ3v) is 8.79. The van der Waals surface area contributed by atoms with E-state index in [9.17, 15) is 14.0 Å². The van der Waals surface area contributed by atoms with E-state index < -0.39 is 12.0 Å². The first-order valence-corrected chi connectivity index (χ1v) is 16.0. The molecule has 0 saturated carbocycles. The number of rotatable bonds is 9. The van der Waals surface area contributed by atoms with Crippen LogP contribution in [-0.2, 0) is 16.1 Å².